The molecule has 0 fully saturated rings. The van der Waals surface area contributed by atoms with E-state index in [0.29, 0.717) is 17.7 Å². The first-order valence-electron chi connectivity index (χ1n) is 9.33. The molecule has 0 aliphatic rings. The van der Waals surface area contributed by atoms with Crippen molar-refractivity contribution >= 4 is 21.6 Å². The number of alkyl halides is 3. The summed E-state index contributed by atoms with van der Waals surface area (Å²) < 4.78 is 79.4. The van der Waals surface area contributed by atoms with Crippen LogP contribution in [0.1, 0.15) is 11.1 Å². The topological polar surface area (TPSA) is 66.5 Å². The summed E-state index contributed by atoms with van der Waals surface area (Å²) in [6, 6.07) is 18.0. The molecule has 3 rings (SSSR count). The Morgan fingerprint density at radius 2 is 1.50 bits per heavy atom. The Morgan fingerprint density at radius 3 is 2.09 bits per heavy atom. The van der Waals surface area contributed by atoms with Crippen LogP contribution in [-0.4, -0.2) is 25.2 Å². The molecule has 0 aromatic heterocycles. The maximum atomic E-state index is 13.5. The second-order valence-electron chi connectivity index (χ2n) is 6.81. The van der Waals surface area contributed by atoms with Crippen molar-refractivity contribution in [2.45, 2.75) is 17.6 Å². The molecule has 0 saturated carbocycles. The molecule has 0 spiro atoms. The Hall–Kier alpha value is -3.24. The van der Waals surface area contributed by atoms with E-state index in [0.717, 1.165) is 10.4 Å². The Bertz CT molecular complexity index is 1180. The predicted molar refractivity (Wildman–Crippen MR) is 111 cm³/mol. The first-order chi connectivity index (χ1) is 15.1. The maximum absolute atomic E-state index is 13.5. The number of carbonyl (C=O) groups is 1. The number of anilines is 1. The van der Waals surface area contributed by atoms with Crippen molar-refractivity contribution in [1.29, 1.82) is 0 Å². The molecule has 1 N–H and O–H groups in total. The summed E-state index contributed by atoms with van der Waals surface area (Å²) in [4.78, 5) is 12.5. The summed E-state index contributed by atoms with van der Waals surface area (Å²) >= 11 is 0. The van der Waals surface area contributed by atoms with Crippen LogP contribution in [0.5, 0.6) is 0 Å². The number of rotatable bonds is 7. The number of nitrogens with one attached hydrogen (secondary N) is 1. The van der Waals surface area contributed by atoms with Crippen molar-refractivity contribution < 1.29 is 30.8 Å². The third-order valence-electron chi connectivity index (χ3n) is 4.46. The van der Waals surface area contributed by atoms with Gasteiger partial charge in [-0.25, -0.2) is 12.8 Å². The van der Waals surface area contributed by atoms with Gasteiger partial charge in [-0.1, -0.05) is 48.5 Å². The number of nitrogens with zero attached hydrogens (tertiary/aromatic N) is 1. The fraction of sp³-hybridized carbons (Fsp3) is 0.136. The highest BCUT2D eigenvalue weighted by Crippen LogP contribution is 2.33. The van der Waals surface area contributed by atoms with Gasteiger partial charge in [0.15, 0.2) is 0 Å². The molecule has 3 aromatic carbocycles. The lowest BCUT2D eigenvalue weighted by molar-refractivity contribution is -0.140. The highest BCUT2D eigenvalue weighted by Gasteiger charge is 2.34. The van der Waals surface area contributed by atoms with Crippen LogP contribution < -0.4 is 5.32 Å². The van der Waals surface area contributed by atoms with Crippen LogP contribution in [0.2, 0.25) is 0 Å². The zero-order valence-electron chi connectivity index (χ0n) is 16.5. The zero-order chi connectivity index (χ0) is 23.4. The minimum Gasteiger partial charge on any atom is -0.325 e. The quantitative estimate of drug-likeness (QED) is 0.515. The van der Waals surface area contributed by atoms with E-state index in [-0.39, 0.29) is 17.1 Å². The third-order valence-corrected chi connectivity index (χ3v) is 6.26. The van der Waals surface area contributed by atoms with E-state index in [1.165, 1.54) is 24.3 Å². The van der Waals surface area contributed by atoms with Crippen LogP contribution in [0.15, 0.2) is 83.8 Å². The molecular formula is C22H18F4N2O3S. The van der Waals surface area contributed by atoms with Crippen LogP contribution in [0.4, 0.5) is 23.2 Å². The Balaban J connectivity index is 1.86. The van der Waals surface area contributed by atoms with E-state index >= 15 is 0 Å². The van der Waals surface area contributed by atoms with Gasteiger partial charge in [-0.2, -0.15) is 17.5 Å². The van der Waals surface area contributed by atoms with Crippen LogP contribution in [0, 0.1) is 5.82 Å². The van der Waals surface area contributed by atoms with Crippen molar-refractivity contribution in [3.8, 4) is 0 Å². The molecule has 0 unspecified atom stereocenters. The number of hydrogen-bond donors (Lipinski definition) is 1. The van der Waals surface area contributed by atoms with Crippen molar-refractivity contribution in [3.63, 3.8) is 0 Å². The molecule has 0 aliphatic carbocycles. The predicted octanol–water partition coefficient (Wildman–Crippen LogP) is 4.67. The van der Waals surface area contributed by atoms with Crippen molar-refractivity contribution in [2.24, 2.45) is 0 Å². The summed E-state index contributed by atoms with van der Waals surface area (Å²) in [6.07, 6.45) is -4.94. The molecule has 0 atom stereocenters. The molecule has 32 heavy (non-hydrogen) atoms. The van der Waals surface area contributed by atoms with E-state index in [1.54, 1.807) is 36.4 Å². The molecule has 10 heteroatoms. The van der Waals surface area contributed by atoms with Gasteiger partial charge in [-0.05, 0) is 35.9 Å². The Labute approximate surface area is 182 Å². The normalized spacial score (nSPS) is 12.0. The number of benzene rings is 3. The van der Waals surface area contributed by atoms with E-state index in [4.69, 9.17) is 0 Å². The molecular weight excluding hydrogens is 448 g/mol. The van der Waals surface area contributed by atoms with Crippen LogP contribution in [-0.2, 0) is 27.5 Å². The molecule has 168 valence electrons. The molecule has 0 heterocycles. The minimum absolute atomic E-state index is 0.0372. The van der Waals surface area contributed by atoms with E-state index in [1.807, 2.05) is 0 Å². The molecule has 1 amide bonds. The van der Waals surface area contributed by atoms with Crippen molar-refractivity contribution in [1.82, 2.24) is 4.31 Å². The number of sulfonamides is 1. The van der Waals surface area contributed by atoms with Crippen LogP contribution >= 0.6 is 0 Å². The summed E-state index contributed by atoms with van der Waals surface area (Å²) in [5.74, 6) is -2.35. The number of halogens is 4. The first kappa shape index (κ1) is 23.4. The van der Waals surface area contributed by atoms with E-state index in [2.05, 4.69) is 5.32 Å². The second-order valence-corrected chi connectivity index (χ2v) is 8.75. The van der Waals surface area contributed by atoms with Gasteiger partial charge in [0.05, 0.1) is 17.0 Å². The molecule has 0 bridgehead atoms. The standard InChI is InChI=1S/C22H18F4N2O3S/c23-20-12-11-17(13-19(20)22(24,25)26)27-21(29)15-28(14-16-7-3-1-4-8-16)32(30,31)18-9-5-2-6-10-18/h1-13H,14-15H2,(H,27,29). The van der Waals surface area contributed by atoms with Gasteiger partial charge >= 0.3 is 6.18 Å². The smallest absolute Gasteiger partial charge is 0.325 e. The zero-order valence-corrected chi connectivity index (χ0v) is 17.3. The third kappa shape index (κ3) is 5.71. The number of hydrogen-bond acceptors (Lipinski definition) is 3. The van der Waals surface area contributed by atoms with E-state index < -0.39 is 40.0 Å². The van der Waals surface area contributed by atoms with Crippen LogP contribution in [0.25, 0.3) is 0 Å². The van der Waals surface area contributed by atoms with Crippen molar-refractivity contribution in [3.05, 3.63) is 95.8 Å². The number of carbonyl (C=O) groups excluding carboxylic acids is 1. The SMILES string of the molecule is O=C(CN(Cc1ccccc1)S(=O)(=O)c1ccccc1)Nc1ccc(F)c(C(F)(F)F)c1. The highest BCUT2D eigenvalue weighted by atomic mass is 32.2. The molecule has 5 nitrogen and oxygen atoms in total. The summed E-state index contributed by atoms with van der Waals surface area (Å²) in [5, 5.41) is 2.21. The first-order valence-corrected chi connectivity index (χ1v) is 10.8. The Morgan fingerprint density at radius 1 is 0.906 bits per heavy atom. The Kier molecular flexibility index (Phi) is 6.95. The lowest BCUT2D eigenvalue weighted by atomic mass is 10.2. The lowest BCUT2D eigenvalue weighted by Gasteiger charge is -2.22. The molecule has 3 aromatic rings. The highest BCUT2D eigenvalue weighted by molar-refractivity contribution is 7.89. The van der Waals surface area contributed by atoms with E-state index in [9.17, 15) is 30.8 Å². The lowest BCUT2D eigenvalue weighted by Crippen LogP contribution is -2.37. The summed E-state index contributed by atoms with van der Waals surface area (Å²) in [6.45, 7) is -0.798. The largest absolute Gasteiger partial charge is 0.419 e. The minimum atomic E-state index is -4.94. The monoisotopic (exact) mass is 466 g/mol. The van der Waals surface area contributed by atoms with Gasteiger partial charge in [-0.3, -0.25) is 4.79 Å². The molecule has 0 aliphatic heterocycles. The van der Waals surface area contributed by atoms with Gasteiger partial charge in [0.25, 0.3) is 0 Å². The molecule has 0 saturated heterocycles. The van der Waals surface area contributed by atoms with Gasteiger partial charge in [0.2, 0.25) is 15.9 Å². The fourth-order valence-corrected chi connectivity index (χ4v) is 4.34. The fourth-order valence-electron chi connectivity index (χ4n) is 2.94. The second kappa shape index (κ2) is 9.49. The van der Waals surface area contributed by atoms with Gasteiger partial charge < -0.3 is 5.32 Å². The average molecular weight is 466 g/mol. The van der Waals surface area contributed by atoms with Crippen molar-refractivity contribution in [2.75, 3.05) is 11.9 Å². The van der Waals surface area contributed by atoms with Gasteiger partial charge in [0.1, 0.15) is 5.82 Å². The summed E-state index contributed by atoms with van der Waals surface area (Å²) in [7, 11) is -4.09. The summed E-state index contributed by atoms with van der Waals surface area (Å²) in [5.41, 5.74) is -1.23. The van der Waals surface area contributed by atoms with Gasteiger partial charge in [-0.15, -0.1) is 0 Å². The van der Waals surface area contributed by atoms with Crippen LogP contribution in [0.3, 0.4) is 0 Å². The maximum Gasteiger partial charge on any atom is 0.419 e. The van der Waals surface area contributed by atoms with Gasteiger partial charge in [0, 0.05) is 12.2 Å². The average Bonchev–Trinajstić information content (AvgIpc) is 2.75. The molecule has 0 radical (unpaired) electrons. The number of amides is 1.